The quantitative estimate of drug-likeness (QED) is 0.743. The fourth-order valence-corrected chi connectivity index (χ4v) is 5.19. The van der Waals surface area contributed by atoms with Gasteiger partial charge in [-0.15, -0.1) is 22.9 Å². The summed E-state index contributed by atoms with van der Waals surface area (Å²) in [6.07, 6.45) is 8.88. The Hall–Kier alpha value is -0.0800. The molecule has 2 aliphatic rings. The van der Waals surface area contributed by atoms with Crippen LogP contribution in [0.2, 0.25) is 0 Å². The van der Waals surface area contributed by atoms with Crippen molar-refractivity contribution in [1.29, 1.82) is 0 Å². The van der Waals surface area contributed by atoms with Crippen molar-refractivity contribution in [2.75, 3.05) is 5.88 Å². The number of fused-ring (bicyclic) bond motifs is 2. The number of hydrogen-bond donors (Lipinski definition) is 0. The van der Waals surface area contributed by atoms with Gasteiger partial charge < -0.3 is 0 Å². The molecule has 3 unspecified atom stereocenters. The average Bonchev–Trinajstić information content (AvgIpc) is 2.94. The Morgan fingerprint density at radius 3 is 2.94 bits per heavy atom. The van der Waals surface area contributed by atoms with Gasteiger partial charge in [-0.05, 0) is 49.9 Å². The summed E-state index contributed by atoms with van der Waals surface area (Å²) < 4.78 is 0. The van der Waals surface area contributed by atoms with Crippen LogP contribution >= 0.6 is 22.9 Å². The fourth-order valence-electron chi connectivity index (χ4n) is 3.82. The molecule has 0 radical (unpaired) electrons. The highest BCUT2D eigenvalue weighted by Gasteiger charge is 2.50. The molecule has 0 aromatic carbocycles. The zero-order chi connectivity index (χ0) is 11.2. The van der Waals surface area contributed by atoms with E-state index in [1.807, 2.05) is 11.3 Å². The van der Waals surface area contributed by atoms with Gasteiger partial charge in [0.05, 0.1) is 5.01 Å². The van der Waals surface area contributed by atoms with Crippen molar-refractivity contribution in [2.24, 2.45) is 17.3 Å². The van der Waals surface area contributed by atoms with Crippen LogP contribution in [0.1, 0.15) is 35.6 Å². The molecule has 1 aromatic rings. The van der Waals surface area contributed by atoms with Crippen LogP contribution in [0.3, 0.4) is 0 Å². The second-order valence-corrected chi connectivity index (χ2v) is 7.19. The van der Waals surface area contributed by atoms with Crippen LogP contribution in [0.25, 0.3) is 0 Å². The SMILES string of the molecule is Cc1ncc(CC2(CCl)CC3CCC2C3)s1. The number of aromatic nitrogens is 1. The Bertz CT molecular complexity index is 389. The predicted octanol–water partition coefficient (Wildman–Crippen LogP) is 4.04. The fraction of sp³-hybridized carbons (Fsp3) is 0.769. The molecule has 2 aliphatic carbocycles. The number of nitrogens with zero attached hydrogens (tertiary/aromatic N) is 1. The third-order valence-electron chi connectivity index (χ3n) is 4.56. The molecule has 3 rings (SSSR count). The highest BCUT2D eigenvalue weighted by molar-refractivity contribution is 7.11. The van der Waals surface area contributed by atoms with Crippen molar-refractivity contribution in [3.63, 3.8) is 0 Å². The second kappa shape index (κ2) is 3.99. The van der Waals surface area contributed by atoms with E-state index in [-0.39, 0.29) is 0 Å². The number of thiazole rings is 1. The largest absolute Gasteiger partial charge is 0.250 e. The van der Waals surface area contributed by atoms with E-state index in [4.69, 9.17) is 11.6 Å². The molecule has 3 heteroatoms. The summed E-state index contributed by atoms with van der Waals surface area (Å²) in [5, 5.41) is 1.18. The summed E-state index contributed by atoms with van der Waals surface area (Å²) in [5.41, 5.74) is 0.406. The molecule has 0 aliphatic heterocycles. The number of alkyl halides is 1. The number of halogens is 1. The Morgan fingerprint density at radius 2 is 2.44 bits per heavy atom. The molecule has 0 amide bonds. The lowest BCUT2D eigenvalue weighted by Crippen LogP contribution is -2.31. The van der Waals surface area contributed by atoms with Gasteiger partial charge in [0.2, 0.25) is 0 Å². The molecular weight excluding hydrogens is 238 g/mol. The molecule has 1 heterocycles. The predicted molar refractivity (Wildman–Crippen MR) is 69.2 cm³/mol. The van der Waals surface area contributed by atoms with Crippen LogP contribution in [0.5, 0.6) is 0 Å². The lowest BCUT2D eigenvalue weighted by Gasteiger charge is -2.35. The maximum atomic E-state index is 6.30. The zero-order valence-electron chi connectivity index (χ0n) is 9.71. The van der Waals surface area contributed by atoms with Gasteiger partial charge in [-0.2, -0.15) is 0 Å². The van der Waals surface area contributed by atoms with Crippen LogP contribution in [0.4, 0.5) is 0 Å². The summed E-state index contributed by atoms with van der Waals surface area (Å²) in [5.74, 6) is 2.70. The smallest absolute Gasteiger partial charge is 0.0896 e. The molecule has 88 valence electrons. The van der Waals surface area contributed by atoms with Gasteiger partial charge in [-0.25, -0.2) is 4.98 Å². The molecule has 2 saturated carbocycles. The minimum absolute atomic E-state index is 0.406. The molecule has 3 atom stereocenters. The topological polar surface area (TPSA) is 12.9 Å². The first-order chi connectivity index (χ1) is 7.72. The first-order valence-electron chi connectivity index (χ1n) is 6.19. The van der Waals surface area contributed by atoms with Gasteiger partial charge in [0.25, 0.3) is 0 Å². The third kappa shape index (κ3) is 1.70. The Morgan fingerprint density at radius 1 is 1.56 bits per heavy atom. The van der Waals surface area contributed by atoms with Crippen molar-refractivity contribution in [2.45, 2.75) is 39.0 Å². The molecule has 0 N–H and O–H groups in total. The first-order valence-corrected chi connectivity index (χ1v) is 7.54. The minimum atomic E-state index is 0.406. The summed E-state index contributed by atoms with van der Waals surface area (Å²) in [6.45, 7) is 2.09. The lowest BCUT2D eigenvalue weighted by molar-refractivity contribution is 0.194. The van der Waals surface area contributed by atoms with E-state index in [0.717, 1.165) is 17.7 Å². The van der Waals surface area contributed by atoms with E-state index >= 15 is 0 Å². The van der Waals surface area contributed by atoms with Gasteiger partial charge in [-0.1, -0.05) is 6.42 Å². The molecule has 2 bridgehead atoms. The highest BCUT2D eigenvalue weighted by Crippen LogP contribution is 2.57. The van der Waals surface area contributed by atoms with Gasteiger partial charge in [0, 0.05) is 17.0 Å². The lowest BCUT2D eigenvalue weighted by atomic mass is 9.72. The van der Waals surface area contributed by atoms with Gasteiger partial charge in [-0.3, -0.25) is 0 Å². The van der Waals surface area contributed by atoms with E-state index < -0.39 is 0 Å². The van der Waals surface area contributed by atoms with E-state index in [9.17, 15) is 0 Å². The number of rotatable bonds is 3. The normalized spacial score (nSPS) is 37.1. The zero-order valence-corrected chi connectivity index (χ0v) is 11.3. The highest BCUT2D eigenvalue weighted by atomic mass is 35.5. The number of aryl methyl sites for hydroxylation is 1. The van der Waals surface area contributed by atoms with E-state index in [2.05, 4.69) is 18.1 Å². The van der Waals surface area contributed by atoms with Crippen molar-refractivity contribution >= 4 is 22.9 Å². The molecule has 0 spiro atoms. The van der Waals surface area contributed by atoms with Crippen molar-refractivity contribution in [3.8, 4) is 0 Å². The summed E-state index contributed by atoms with van der Waals surface area (Å²) >= 11 is 8.15. The molecule has 2 fully saturated rings. The van der Waals surface area contributed by atoms with Crippen molar-refractivity contribution in [1.82, 2.24) is 4.98 Å². The van der Waals surface area contributed by atoms with Gasteiger partial charge in [0.15, 0.2) is 0 Å². The van der Waals surface area contributed by atoms with Crippen LogP contribution < -0.4 is 0 Å². The molecule has 0 saturated heterocycles. The van der Waals surface area contributed by atoms with Crippen LogP contribution in [-0.2, 0) is 6.42 Å². The van der Waals surface area contributed by atoms with Crippen molar-refractivity contribution < 1.29 is 0 Å². The maximum Gasteiger partial charge on any atom is 0.0896 e. The van der Waals surface area contributed by atoms with E-state index in [1.165, 1.54) is 42.0 Å². The van der Waals surface area contributed by atoms with Crippen LogP contribution in [0, 0.1) is 24.2 Å². The molecular formula is C13H18ClNS. The second-order valence-electron chi connectivity index (χ2n) is 5.60. The van der Waals surface area contributed by atoms with Gasteiger partial charge in [0.1, 0.15) is 0 Å². The summed E-state index contributed by atoms with van der Waals surface area (Å²) in [4.78, 5) is 5.80. The number of hydrogen-bond acceptors (Lipinski definition) is 2. The van der Waals surface area contributed by atoms with Gasteiger partial charge >= 0.3 is 0 Å². The van der Waals surface area contributed by atoms with Crippen molar-refractivity contribution in [3.05, 3.63) is 16.1 Å². The monoisotopic (exact) mass is 255 g/mol. The third-order valence-corrected chi connectivity index (χ3v) is 6.01. The molecule has 16 heavy (non-hydrogen) atoms. The minimum Gasteiger partial charge on any atom is -0.250 e. The summed E-state index contributed by atoms with van der Waals surface area (Å²) in [6, 6.07) is 0. The molecule has 1 nitrogen and oxygen atoms in total. The average molecular weight is 256 g/mol. The van der Waals surface area contributed by atoms with Crippen LogP contribution in [-0.4, -0.2) is 10.9 Å². The first kappa shape index (κ1) is 11.0. The standard InChI is InChI=1S/C13H18ClNS/c1-9-15-7-12(16-9)6-13(8-14)5-10-2-3-11(13)4-10/h7,10-11H,2-6,8H2,1H3. The Labute approximate surface area is 106 Å². The Balaban J connectivity index is 1.81. The molecule has 1 aromatic heterocycles. The Kier molecular flexibility index (Phi) is 2.75. The van der Waals surface area contributed by atoms with E-state index in [0.29, 0.717) is 5.41 Å². The van der Waals surface area contributed by atoms with Crippen LogP contribution in [0.15, 0.2) is 6.20 Å². The van der Waals surface area contributed by atoms with E-state index in [1.54, 1.807) is 0 Å². The maximum absolute atomic E-state index is 6.30. The summed E-state index contributed by atoms with van der Waals surface area (Å²) in [7, 11) is 0.